The molecule has 0 radical (unpaired) electrons. The van der Waals surface area contributed by atoms with E-state index in [1.165, 1.54) is 16.9 Å². The van der Waals surface area contributed by atoms with Gasteiger partial charge < -0.3 is 10.6 Å². The molecule has 1 heterocycles. The van der Waals surface area contributed by atoms with Crippen molar-refractivity contribution >= 4 is 29.2 Å². The summed E-state index contributed by atoms with van der Waals surface area (Å²) in [4.78, 5) is 26.8. The number of thiophene rings is 1. The summed E-state index contributed by atoms with van der Waals surface area (Å²) in [6.45, 7) is 7.90. The van der Waals surface area contributed by atoms with E-state index in [4.69, 9.17) is 0 Å². The summed E-state index contributed by atoms with van der Waals surface area (Å²) in [5, 5.41) is 7.77. The van der Waals surface area contributed by atoms with Crippen LogP contribution in [0.1, 0.15) is 50.5 Å². The molecule has 0 saturated carbocycles. The number of aryl methyl sites for hydroxylation is 3. The summed E-state index contributed by atoms with van der Waals surface area (Å²) in [5.74, 6) is -0.622. The number of hydrogen-bond donors (Lipinski definition) is 2. The lowest BCUT2D eigenvalue weighted by Gasteiger charge is -2.19. The van der Waals surface area contributed by atoms with Gasteiger partial charge in [-0.15, -0.1) is 11.3 Å². The van der Waals surface area contributed by atoms with E-state index >= 15 is 0 Å². The Labute approximate surface area is 181 Å². The Morgan fingerprint density at radius 1 is 0.967 bits per heavy atom. The lowest BCUT2D eigenvalue weighted by Crippen LogP contribution is -2.36. The zero-order chi connectivity index (χ0) is 21.7. The maximum absolute atomic E-state index is 13.1. The third-order valence-corrected chi connectivity index (χ3v) is 5.77. The second kappa shape index (κ2) is 9.55. The highest BCUT2D eigenvalue weighted by atomic mass is 32.1. The first-order valence-electron chi connectivity index (χ1n) is 9.85. The summed E-state index contributed by atoms with van der Waals surface area (Å²) in [5.41, 5.74) is 4.98. The van der Waals surface area contributed by atoms with E-state index in [0.29, 0.717) is 5.56 Å². The highest BCUT2D eigenvalue weighted by molar-refractivity contribution is 7.10. The quantitative estimate of drug-likeness (QED) is 0.532. The van der Waals surface area contributed by atoms with Crippen molar-refractivity contribution in [1.82, 2.24) is 10.6 Å². The van der Waals surface area contributed by atoms with Gasteiger partial charge in [-0.25, -0.2) is 0 Å². The average Bonchev–Trinajstić information content (AvgIpc) is 3.20. The molecule has 0 aliphatic rings. The molecule has 0 spiro atoms. The Morgan fingerprint density at radius 3 is 2.40 bits per heavy atom. The number of nitrogens with one attached hydrogen (secondary N) is 2. The van der Waals surface area contributed by atoms with Crippen LogP contribution in [-0.2, 0) is 4.79 Å². The fraction of sp³-hybridized carbons (Fsp3) is 0.200. The monoisotopic (exact) mass is 418 g/mol. The highest BCUT2D eigenvalue weighted by Crippen LogP contribution is 2.20. The van der Waals surface area contributed by atoms with Gasteiger partial charge in [0.05, 0.1) is 6.04 Å². The minimum Gasteiger partial charge on any atom is -0.344 e. The molecule has 4 nitrogen and oxygen atoms in total. The minimum absolute atomic E-state index is 0.194. The van der Waals surface area contributed by atoms with Crippen LogP contribution in [0, 0.1) is 20.8 Å². The van der Waals surface area contributed by atoms with Gasteiger partial charge in [-0.2, -0.15) is 0 Å². The van der Waals surface area contributed by atoms with Crippen molar-refractivity contribution in [3.63, 3.8) is 0 Å². The smallest absolute Gasteiger partial charge is 0.268 e. The molecule has 0 fully saturated rings. The van der Waals surface area contributed by atoms with Crippen LogP contribution in [0.15, 0.2) is 65.7 Å². The normalized spacial score (nSPS) is 12.3. The van der Waals surface area contributed by atoms with Crippen LogP contribution in [0.5, 0.6) is 0 Å². The molecule has 1 atom stereocenters. The lowest BCUT2D eigenvalue weighted by molar-refractivity contribution is -0.118. The zero-order valence-electron chi connectivity index (χ0n) is 17.7. The molecule has 2 amide bonds. The number of amides is 2. The third-order valence-electron chi connectivity index (χ3n) is 4.95. The molecule has 2 aromatic carbocycles. The van der Waals surface area contributed by atoms with Gasteiger partial charge in [0.1, 0.15) is 5.70 Å². The second-order valence-corrected chi connectivity index (χ2v) is 8.38. The lowest BCUT2D eigenvalue weighted by atomic mass is 10.00. The topological polar surface area (TPSA) is 58.2 Å². The molecule has 154 valence electrons. The van der Waals surface area contributed by atoms with E-state index in [1.807, 2.05) is 75.5 Å². The molecule has 0 unspecified atom stereocenters. The number of rotatable bonds is 6. The van der Waals surface area contributed by atoms with E-state index in [2.05, 4.69) is 16.7 Å². The van der Waals surface area contributed by atoms with Crippen molar-refractivity contribution in [1.29, 1.82) is 0 Å². The van der Waals surface area contributed by atoms with Crippen molar-refractivity contribution in [3.05, 3.63) is 98.4 Å². The summed E-state index contributed by atoms with van der Waals surface area (Å²) in [6, 6.07) is 17.1. The fourth-order valence-electron chi connectivity index (χ4n) is 3.35. The van der Waals surface area contributed by atoms with Gasteiger partial charge in [0.25, 0.3) is 11.8 Å². The summed E-state index contributed by atoms with van der Waals surface area (Å²) in [6.07, 6.45) is 1.71. The average molecular weight is 419 g/mol. The maximum Gasteiger partial charge on any atom is 0.268 e. The number of carbonyl (C=O) groups excluding carboxylic acids is 2. The van der Waals surface area contributed by atoms with Crippen LogP contribution in [-0.4, -0.2) is 11.8 Å². The summed E-state index contributed by atoms with van der Waals surface area (Å²) < 4.78 is 0. The zero-order valence-corrected chi connectivity index (χ0v) is 18.5. The molecule has 2 N–H and O–H groups in total. The molecule has 0 bridgehead atoms. The van der Waals surface area contributed by atoms with E-state index in [1.54, 1.807) is 12.1 Å². The van der Waals surface area contributed by atoms with Gasteiger partial charge in [-0.3, -0.25) is 9.59 Å². The van der Waals surface area contributed by atoms with Crippen LogP contribution in [0.4, 0.5) is 0 Å². The molecule has 30 heavy (non-hydrogen) atoms. The van der Waals surface area contributed by atoms with Crippen molar-refractivity contribution in [2.45, 2.75) is 33.7 Å². The van der Waals surface area contributed by atoms with Crippen LogP contribution >= 0.6 is 11.3 Å². The molecular formula is C25H26N2O2S. The van der Waals surface area contributed by atoms with Gasteiger partial charge in [0, 0.05) is 10.4 Å². The van der Waals surface area contributed by atoms with Crippen molar-refractivity contribution in [2.75, 3.05) is 0 Å². The first kappa shape index (κ1) is 21.5. The Hall–Kier alpha value is -3.18. The van der Waals surface area contributed by atoms with Crippen LogP contribution in [0.3, 0.4) is 0 Å². The van der Waals surface area contributed by atoms with Gasteiger partial charge in [0.2, 0.25) is 0 Å². The molecule has 3 aromatic rings. The third kappa shape index (κ3) is 5.24. The Balaban J connectivity index is 1.84. The SMILES string of the molecule is Cc1ccc([C@H](C)NC(=O)/C(=C/c2cccs2)NC(=O)c2ccccc2C)c(C)c1. The predicted octanol–water partition coefficient (Wildman–Crippen LogP) is 5.32. The van der Waals surface area contributed by atoms with Gasteiger partial charge in [-0.05, 0) is 68.0 Å². The summed E-state index contributed by atoms with van der Waals surface area (Å²) >= 11 is 1.51. The van der Waals surface area contributed by atoms with E-state index in [0.717, 1.165) is 21.6 Å². The van der Waals surface area contributed by atoms with Gasteiger partial charge in [-0.1, -0.05) is 48.0 Å². The minimum atomic E-state index is -0.321. The van der Waals surface area contributed by atoms with Crippen LogP contribution in [0.25, 0.3) is 6.08 Å². The fourth-order valence-corrected chi connectivity index (χ4v) is 4.01. The maximum atomic E-state index is 13.1. The number of carbonyl (C=O) groups is 2. The van der Waals surface area contributed by atoms with E-state index in [9.17, 15) is 9.59 Å². The molecule has 0 aliphatic carbocycles. The van der Waals surface area contributed by atoms with E-state index < -0.39 is 0 Å². The van der Waals surface area contributed by atoms with E-state index in [-0.39, 0.29) is 23.6 Å². The predicted molar refractivity (Wildman–Crippen MR) is 123 cm³/mol. The molecule has 0 aliphatic heterocycles. The highest BCUT2D eigenvalue weighted by Gasteiger charge is 2.19. The first-order chi connectivity index (χ1) is 14.3. The number of benzene rings is 2. The molecule has 1 aromatic heterocycles. The molecular weight excluding hydrogens is 392 g/mol. The van der Waals surface area contributed by atoms with Crippen molar-refractivity contribution in [2.24, 2.45) is 0 Å². The van der Waals surface area contributed by atoms with Crippen molar-refractivity contribution in [3.8, 4) is 0 Å². The Bertz CT molecular complexity index is 1080. The summed E-state index contributed by atoms with van der Waals surface area (Å²) in [7, 11) is 0. The molecule has 3 rings (SSSR count). The first-order valence-corrected chi connectivity index (χ1v) is 10.7. The Kier molecular flexibility index (Phi) is 6.85. The largest absolute Gasteiger partial charge is 0.344 e. The number of hydrogen-bond acceptors (Lipinski definition) is 3. The van der Waals surface area contributed by atoms with Crippen LogP contribution < -0.4 is 10.6 Å². The van der Waals surface area contributed by atoms with Crippen molar-refractivity contribution < 1.29 is 9.59 Å². The second-order valence-electron chi connectivity index (χ2n) is 7.40. The molecule has 5 heteroatoms. The molecule has 0 saturated heterocycles. The standard InChI is InChI=1S/C25H26N2O2S/c1-16-11-12-21(18(3)14-16)19(4)26-25(29)23(15-20-9-7-13-30-20)27-24(28)22-10-6-5-8-17(22)2/h5-15,19H,1-4H3,(H,26,29)(H,27,28)/b23-15-/t19-/m0/s1. The van der Waals surface area contributed by atoms with Crippen LogP contribution in [0.2, 0.25) is 0 Å². The van der Waals surface area contributed by atoms with Gasteiger partial charge in [0.15, 0.2) is 0 Å². The van der Waals surface area contributed by atoms with Gasteiger partial charge >= 0.3 is 0 Å². The Morgan fingerprint density at radius 2 is 1.73 bits per heavy atom.